The van der Waals surface area contributed by atoms with Crippen LogP contribution in [0.2, 0.25) is 5.02 Å². The quantitative estimate of drug-likeness (QED) is 0.780. The van der Waals surface area contributed by atoms with Gasteiger partial charge in [0.15, 0.2) is 0 Å². The van der Waals surface area contributed by atoms with Crippen molar-refractivity contribution in [2.45, 2.75) is 19.3 Å². The maximum absolute atomic E-state index is 12.5. The van der Waals surface area contributed by atoms with Crippen molar-refractivity contribution >= 4 is 23.4 Å². The molecule has 1 aliphatic rings. The van der Waals surface area contributed by atoms with E-state index in [1.807, 2.05) is 7.05 Å². The molecule has 1 atom stereocenters. The van der Waals surface area contributed by atoms with Crippen LogP contribution in [-0.4, -0.2) is 49.9 Å². The lowest BCUT2D eigenvalue weighted by molar-refractivity contribution is -0.126. The highest BCUT2D eigenvalue weighted by Gasteiger charge is 2.28. The van der Waals surface area contributed by atoms with E-state index < -0.39 is 0 Å². The third-order valence-corrected chi connectivity index (χ3v) is 4.33. The topological polar surface area (TPSA) is 61.4 Å². The SMILES string of the molecule is CNCCCNC(=O)C1CCCN(C(=O)c2ccc(Cl)cc2)C1. The van der Waals surface area contributed by atoms with Gasteiger partial charge in [0.1, 0.15) is 0 Å². The zero-order valence-electron chi connectivity index (χ0n) is 13.5. The van der Waals surface area contributed by atoms with Gasteiger partial charge in [-0.15, -0.1) is 0 Å². The Balaban J connectivity index is 1.88. The van der Waals surface area contributed by atoms with Crippen molar-refractivity contribution in [3.05, 3.63) is 34.9 Å². The highest BCUT2D eigenvalue weighted by molar-refractivity contribution is 6.30. The molecular formula is C17H24ClN3O2. The molecule has 126 valence electrons. The van der Waals surface area contributed by atoms with Crippen LogP contribution in [0, 0.1) is 5.92 Å². The number of hydrogen-bond donors (Lipinski definition) is 2. The van der Waals surface area contributed by atoms with E-state index in [0.717, 1.165) is 25.8 Å². The summed E-state index contributed by atoms with van der Waals surface area (Å²) in [6.45, 7) is 2.73. The van der Waals surface area contributed by atoms with Gasteiger partial charge in [-0.25, -0.2) is 0 Å². The standard InChI is InChI=1S/C17H24ClN3O2/c1-19-9-3-10-20-16(22)14-4-2-11-21(12-14)17(23)13-5-7-15(18)8-6-13/h5-8,14,19H,2-4,9-12H2,1H3,(H,20,22). The molecule has 1 aliphatic heterocycles. The Morgan fingerprint density at radius 2 is 2.00 bits per heavy atom. The minimum Gasteiger partial charge on any atom is -0.356 e. The van der Waals surface area contributed by atoms with E-state index in [0.29, 0.717) is 30.2 Å². The molecule has 1 heterocycles. The van der Waals surface area contributed by atoms with Crippen molar-refractivity contribution in [3.8, 4) is 0 Å². The second-order valence-electron chi connectivity index (χ2n) is 5.85. The number of nitrogens with zero attached hydrogens (tertiary/aromatic N) is 1. The second-order valence-corrected chi connectivity index (χ2v) is 6.28. The first-order valence-electron chi connectivity index (χ1n) is 8.09. The van der Waals surface area contributed by atoms with Crippen LogP contribution in [0.15, 0.2) is 24.3 Å². The predicted molar refractivity (Wildman–Crippen MR) is 91.6 cm³/mol. The first-order chi connectivity index (χ1) is 11.1. The van der Waals surface area contributed by atoms with Gasteiger partial charge in [0, 0.05) is 30.2 Å². The van der Waals surface area contributed by atoms with Gasteiger partial charge >= 0.3 is 0 Å². The van der Waals surface area contributed by atoms with Gasteiger partial charge in [0.05, 0.1) is 5.92 Å². The molecule has 0 spiro atoms. The molecule has 0 aromatic heterocycles. The summed E-state index contributed by atoms with van der Waals surface area (Å²) in [7, 11) is 1.89. The molecule has 1 aromatic carbocycles. The summed E-state index contributed by atoms with van der Waals surface area (Å²) in [6.07, 6.45) is 2.60. The Kier molecular flexibility index (Phi) is 6.86. The summed E-state index contributed by atoms with van der Waals surface area (Å²) < 4.78 is 0. The summed E-state index contributed by atoms with van der Waals surface area (Å²) in [6, 6.07) is 6.88. The van der Waals surface area contributed by atoms with Crippen molar-refractivity contribution in [2.24, 2.45) is 5.92 Å². The Morgan fingerprint density at radius 1 is 1.26 bits per heavy atom. The van der Waals surface area contributed by atoms with Gasteiger partial charge in [-0.1, -0.05) is 11.6 Å². The molecule has 1 fully saturated rings. The average Bonchev–Trinajstić information content (AvgIpc) is 2.59. The van der Waals surface area contributed by atoms with Gasteiger partial charge in [-0.2, -0.15) is 0 Å². The van der Waals surface area contributed by atoms with Crippen LogP contribution >= 0.6 is 11.6 Å². The lowest BCUT2D eigenvalue weighted by Crippen LogP contribution is -2.45. The van der Waals surface area contributed by atoms with E-state index in [1.165, 1.54) is 0 Å². The van der Waals surface area contributed by atoms with E-state index in [-0.39, 0.29) is 17.7 Å². The monoisotopic (exact) mass is 337 g/mol. The largest absolute Gasteiger partial charge is 0.356 e. The molecule has 2 amide bonds. The summed E-state index contributed by atoms with van der Waals surface area (Å²) in [5, 5.41) is 6.62. The fourth-order valence-electron chi connectivity index (χ4n) is 2.77. The smallest absolute Gasteiger partial charge is 0.253 e. The fraction of sp³-hybridized carbons (Fsp3) is 0.529. The highest BCUT2D eigenvalue weighted by Crippen LogP contribution is 2.19. The Bertz CT molecular complexity index is 533. The zero-order valence-corrected chi connectivity index (χ0v) is 14.2. The average molecular weight is 338 g/mol. The number of nitrogens with one attached hydrogen (secondary N) is 2. The number of likely N-dealkylation sites (tertiary alicyclic amines) is 1. The molecule has 2 N–H and O–H groups in total. The van der Waals surface area contributed by atoms with Gasteiger partial charge in [0.25, 0.3) is 5.91 Å². The summed E-state index contributed by atoms with van der Waals surface area (Å²) >= 11 is 5.86. The number of halogens is 1. The summed E-state index contributed by atoms with van der Waals surface area (Å²) in [5.74, 6) is -0.0985. The van der Waals surface area contributed by atoms with Crippen molar-refractivity contribution in [1.82, 2.24) is 15.5 Å². The first-order valence-corrected chi connectivity index (χ1v) is 8.46. The van der Waals surface area contributed by atoms with Gasteiger partial charge in [0.2, 0.25) is 5.91 Å². The van der Waals surface area contributed by atoms with Crippen LogP contribution in [0.3, 0.4) is 0 Å². The normalized spacial score (nSPS) is 17.8. The Labute approximate surface area is 142 Å². The van der Waals surface area contributed by atoms with Gasteiger partial charge in [-0.3, -0.25) is 9.59 Å². The number of carbonyl (C=O) groups excluding carboxylic acids is 2. The predicted octanol–water partition coefficient (Wildman–Crippen LogP) is 1.92. The van der Waals surface area contributed by atoms with Crippen LogP contribution in [0.25, 0.3) is 0 Å². The number of hydrogen-bond acceptors (Lipinski definition) is 3. The van der Waals surface area contributed by atoms with Crippen molar-refractivity contribution in [2.75, 3.05) is 33.2 Å². The third-order valence-electron chi connectivity index (χ3n) is 4.07. The van der Waals surface area contributed by atoms with Crippen molar-refractivity contribution < 1.29 is 9.59 Å². The number of amides is 2. The molecular weight excluding hydrogens is 314 g/mol. The zero-order chi connectivity index (χ0) is 16.7. The van der Waals surface area contributed by atoms with Gasteiger partial charge in [-0.05, 0) is 57.1 Å². The molecule has 0 radical (unpaired) electrons. The van der Waals surface area contributed by atoms with E-state index in [2.05, 4.69) is 10.6 Å². The first kappa shape index (κ1) is 17.8. The molecule has 0 bridgehead atoms. The van der Waals surface area contributed by atoms with Crippen molar-refractivity contribution in [1.29, 1.82) is 0 Å². The third kappa shape index (κ3) is 5.22. The molecule has 1 unspecified atom stereocenters. The maximum Gasteiger partial charge on any atom is 0.253 e. The highest BCUT2D eigenvalue weighted by atomic mass is 35.5. The van der Waals surface area contributed by atoms with Crippen LogP contribution in [0.5, 0.6) is 0 Å². The van der Waals surface area contributed by atoms with Crippen molar-refractivity contribution in [3.63, 3.8) is 0 Å². The minimum absolute atomic E-state index is 0.0330. The van der Waals surface area contributed by atoms with Crippen LogP contribution in [-0.2, 0) is 4.79 Å². The number of carbonyl (C=O) groups is 2. The van der Waals surface area contributed by atoms with Crippen LogP contribution < -0.4 is 10.6 Å². The molecule has 1 saturated heterocycles. The molecule has 2 rings (SSSR count). The lowest BCUT2D eigenvalue weighted by atomic mass is 9.96. The minimum atomic E-state index is -0.116. The summed E-state index contributed by atoms with van der Waals surface area (Å²) in [5.41, 5.74) is 0.615. The second kappa shape index (κ2) is 8.89. The van der Waals surface area contributed by atoms with Gasteiger partial charge < -0.3 is 15.5 Å². The van der Waals surface area contributed by atoms with Crippen LogP contribution in [0.1, 0.15) is 29.6 Å². The molecule has 1 aromatic rings. The number of piperidine rings is 1. The lowest BCUT2D eigenvalue weighted by Gasteiger charge is -2.32. The summed E-state index contributed by atoms with van der Waals surface area (Å²) in [4.78, 5) is 26.5. The number of benzene rings is 1. The fourth-order valence-corrected chi connectivity index (χ4v) is 2.90. The number of rotatable bonds is 6. The Morgan fingerprint density at radius 3 is 2.70 bits per heavy atom. The van der Waals surface area contributed by atoms with E-state index >= 15 is 0 Å². The van der Waals surface area contributed by atoms with E-state index in [4.69, 9.17) is 11.6 Å². The molecule has 23 heavy (non-hydrogen) atoms. The molecule has 0 saturated carbocycles. The van der Waals surface area contributed by atoms with E-state index in [9.17, 15) is 9.59 Å². The molecule has 0 aliphatic carbocycles. The Hall–Kier alpha value is -1.59. The maximum atomic E-state index is 12.5. The van der Waals surface area contributed by atoms with E-state index in [1.54, 1.807) is 29.2 Å². The van der Waals surface area contributed by atoms with Crippen LogP contribution in [0.4, 0.5) is 0 Å². The molecule has 5 nitrogen and oxygen atoms in total. The molecule has 6 heteroatoms.